The van der Waals surface area contributed by atoms with E-state index in [1.165, 1.54) is 17.9 Å². The van der Waals surface area contributed by atoms with Crippen LogP contribution in [0.15, 0.2) is 4.79 Å². The van der Waals surface area contributed by atoms with E-state index in [-0.39, 0.29) is 5.69 Å². The normalized spacial score (nSPS) is 17.1. The van der Waals surface area contributed by atoms with E-state index in [2.05, 4.69) is 4.98 Å². The van der Waals surface area contributed by atoms with Crippen LogP contribution in [-0.2, 0) is 19.2 Å². The van der Waals surface area contributed by atoms with Crippen LogP contribution in [-0.4, -0.2) is 15.3 Å². The molecule has 0 saturated carbocycles. The highest BCUT2D eigenvalue weighted by molar-refractivity contribution is 7.98. The predicted molar refractivity (Wildman–Crippen MR) is 50.5 cm³/mol. The highest BCUT2D eigenvalue weighted by Crippen LogP contribution is 2.20. The van der Waals surface area contributed by atoms with Gasteiger partial charge in [-0.3, -0.25) is 4.57 Å². The fraction of sp³-hybridized carbons (Fsp3) is 0.625. The van der Waals surface area contributed by atoms with Gasteiger partial charge in [0.05, 0.1) is 0 Å². The summed E-state index contributed by atoms with van der Waals surface area (Å²) in [6.07, 6.45) is 2.22. The molecule has 2 rings (SSSR count). The summed E-state index contributed by atoms with van der Waals surface area (Å²) in [5.41, 5.74) is 2.36. The van der Waals surface area contributed by atoms with E-state index >= 15 is 0 Å². The molecule has 0 fully saturated rings. The Bertz CT molecular complexity index is 339. The number of nitrogens with one attached hydrogen (secondary N) is 1. The zero-order valence-corrected chi connectivity index (χ0v) is 7.91. The van der Waals surface area contributed by atoms with Gasteiger partial charge >= 0.3 is 5.69 Å². The molecule has 0 bridgehead atoms. The van der Waals surface area contributed by atoms with Crippen LogP contribution in [0, 0.1) is 0 Å². The Kier molecular flexibility index (Phi) is 2.00. The summed E-state index contributed by atoms with van der Waals surface area (Å²) in [5, 5.41) is 0. The van der Waals surface area contributed by atoms with Crippen molar-refractivity contribution in [3.8, 4) is 0 Å². The summed E-state index contributed by atoms with van der Waals surface area (Å²) in [4.78, 5) is 14.1. The number of aromatic nitrogens is 2. The lowest BCUT2D eigenvalue weighted by atomic mass is 10.2. The van der Waals surface area contributed by atoms with Gasteiger partial charge in [-0.05, 0) is 18.6 Å². The Hall–Kier alpha value is -0.640. The lowest BCUT2D eigenvalue weighted by molar-refractivity contribution is 0.766. The second-order valence-electron chi connectivity index (χ2n) is 3.07. The highest BCUT2D eigenvalue weighted by atomic mass is 32.2. The van der Waals surface area contributed by atoms with Crippen molar-refractivity contribution in [2.45, 2.75) is 18.6 Å². The predicted octanol–water partition coefficient (Wildman–Crippen LogP) is 0.893. The number of imidazole rings is 1. The van der Waals surface area contributed by atoms with Crippen molar-refractivity contribution in [1.82, 2.24) is 9.55 Å². The molecule has 1 aromatic heterocycles. The number of H-pyrrole nitrogens is 1. The largest absolute Gasteiger partial charge is 0.325 e. The van der Waals surface area contributed by atoms with E-state index in [1.54, 1.807) is 4.57 Å². The molecule has 1 N–H and O–H groups in total. The van der Waals surface area contributed by atoms with Gasteiger partial charge in [0.1, 0.15) is 0 Å². The lowest BCUT2D eigenvalue weighted by Gasteiger charge is -1.98. The number of nitrogens with zero attached hydrogens (tertiary/aromatic N) is 1. The maximum absolute atomic E-state index is 11.2. The van der Waals surface area contributed by atoms with Gasteiger partial charge in [-0.2, -0.15) is 11.8 Å². The molecule has 0 spiro atoms. The molecule has 66 valence electrons. The number of thioether (sulfide) groups is 1. The molecule has 0 saturated heterocycles. The summed E-state index contributed by atoms with van der Waals surface area (Å²) in [7, 11) is 1.84. The molecular weight excluding hydrogens is 172 g/mol. The number of hydrogen-bond acceptors (Lipinski definition) is 2. The quantitative estimate of drug-likeness (QED) is 0.650. The van der Waals surface area contributed by atoms with Crippen molar-refractivity contribution in [2.24, 2.45) is 7.05 Å². The maximum Gasteiger partial charge on any atom is 0.325 e. The minimum absolute atomic E-state index is 0.0301. The van der Waals surface area contributed by atoms with E-state index in [4.69, 9.17) is 0 Å². The first-order valence-electron chi connectivity index (χ1n) is 4.13. The minimum Gasteiger partial charge on any atom is -0.309 e. The van der Waals surface area contributed by atoms with Crippen molar-refractivity contribution >= 4 is 11.8 Å². The molecule has 0 radical (unpaired) electrons. The molecule has 12 heavy (non-hydrogen) atoms. The van der Waals surface area contributed by atoms with Gasteiger partial charge in [0.25, 0.3) is 0 Å². The Labute approximate surface area is 75.2 Å². The first kappa shape index (κ1) is 7.98. The van der Waals surface area contributed by atoms with Gasteiger partial charge in [0, 0.05) is 24.2 Å². The van der Waals surface area contributed by atoms with Crippen LogP contribution in [0.25, 0.3) is 0 Å². The first-order valence-corrected chi connectivity index (χ1v) is 5.29. The minimum atomic E-state index is 0.0301. The molecule has 1 aromatic rings. The lowest BCUT2D eigenvalue weighted by Crippen LogP contribution is -2.14. The van der Waals surface area contributed by atoms with E-state index in [0.29, 0.717) is 0 Å². The zero-order valence-electron chi connectivity index (χ0n) is 7.09. The number of aromatic amines is 1. The van der Waals surface area contributed by atoms with Gasteiger partial charge in [-0.1, -0.05) is 0 Å². The average molecular weight is 184 g/mol. The van der Waals surface area contributed by atoms with Gasteiger partial charge in [0.15, 0.2) is 0 Å². The van der Waals surface area contributed by atoms with Gasteiger partial charge in [-0.25, -0.2) is 4.79 Å². The molecule has 0 aliphatic carbocycles. The third-order valence-electron chi connectivity index (χ3n) is 2.26. The summed E-state index contributed by atoms with van der Waals surface area (Å²) in [6, 6.07) is 0. The number of rotatable bonds is 0. The van der Waals surface area contributed by atoms with E-state index in [9.17, 15) is 4.79 Å². The first-order chi connectivity index (χ1) is 5.79. The van der Waals surface area contributed by atoms with Crippen molar-refractivity contribution in [1.29, 1.82) is 0 Å². The molecule has 3 nitrogen and oxygen atoms in total. The molecule has 0 aromatic carbocycles. The van der Waals surface area contributed by atoms with E-state index in [1.807, 2.05) is 18.8 Å². The number of fused-ring (bicyclic) bond motifs is 1. The second-order valence-corrected chi connectivity index (χ2v) is 4.18. The highest BCUT2D eigenvalue weighted by Gasteiger charge is 2.13. The maximum atomic E-state index is 11.2. The zero-order chi connectivity index (χ0) is 8.55. The third kappa shape index (κ3) is 1.20. The van der Waals surface area contributed by atoms with E-state index < -0.39 is 0 Å². The molecular formula is C8H12N2OS. The van der Waals surface area contributed by atoms with E-state index in [0.717, 1.165) is 17.9 Å². The average Bonchev–Trinajstić information content (AvgIpc) is 2.30. The number of hydrogen-bond donors (Lipinski definition) is 1. The SMILES string of the molecule is Cn1c2c([nH]c1=O)CSCCC2. The van der Waals surface area contributed by atoms with Crippen molar-refractivity contribution in [3.05, 3.63) is 21.9 Å². The Balaban J connectivity index is 2.49. The van der Waals surface area contributed by atoms with Crippen LogP contribution >= 0.6 is 11.8 Å². The van der Waals surface area contributed by atoms with Crippen LogP contribution in [0.5, 0.6) is 0 Å². The summed E-state index contributed by atoms with van der Waals surface area (Å²) < 4.78 is 1.74. The van der Waals surface area contributed by atoms with Crippen LogP contribution in [0.3, 0.4) is 0 Å². The van der Waals surface area contributed by atoms with Gasteiger partial charge in [0.2, 0.25) is 0 Å². The van der Waals surface area contributed by atoms with Crippen LogP contribution in [0.4, 0.5) is 0 Å². The molecule has 0 atom stereocenters. The van der Waals surface area contributed by atoms with Crippen LogP contribution < -0.4 is 5.69 Å². The molecule has 0 amide bonds. The molecule has 4 heteroatoms. The second kappa shape index (κ2) is 3.01. The Morgan fingerprint density at radius 1 is 1.58 bits per heavy atom. The topological polar surface area (TPSA) is 37.8 Å². The fourth-order valence-electron chi connectivity index (χ4n) is 1.56. The molecule has 0 unspecified atom stereocenters. The van der Waals surface area contributed by atoms with Gasteiger partial charge < -0.3 is 4.98 Å². The molecule has 2 heterocycles. The molecule has 1 aliphatic rings. The van der Waals surface area contributed by atoms with Crippen molar-refractivity contribution in [3.63, 3.8) is 0 Å². The Morgan fingerprint density at radius 3 is 3.25 bits per heavy atom. The standard InChI is InChI=1S/C8H12N2OS/c1-10-7-3-2-4-12-5-6(7)9-8(10)11/h2-5H2,1H3,(H,9,11). The fourth-order valence-corrected chi connectivity index (χ4v) is 2.50. The smallest absolute Gasteiger partial charge is 0.309 e. The monoisotopic (exact) mass is 184 g/mol. The van der Waals surface area contributed by atoms with Gasteiger partial charge in [-0.15, -0.1) is 0 Å². The summed E-state index contributed by atoms with van der Waals surface area (Å²) in [5.74, 6) is 2.17. The third-order valence-corrected chi connectivity index (χ3v) is 3.33. The van der Waals surface area contributed by atoms with Crippen molar-refractivity contribution < 1.29 is 0 Å². The van der Waals surface area contributed by atoms with Crippen molar-refractivity contribution in [2.75, 3.05) is 5.75 Å². The Morgan fingerprint density at radius 2 is 2.42 bits per heavy atom. The summed E-state index contributed by atoms with van der Waals surface area (Å²) >= 11 is 1.90. The summed E-state index contributed by atoms with van der Waals surface area (Å²) in [6.45, 7) is 0. The van der Waals surface area contributed by atoms with Crippen LogP contribution in [0.1, 0.15) is 17.8 Å². The van der Waals surface area contributed by atoms with Crippen LogP contribution in [0.2, 0.25) is 0 Å². The molecule has 1 aliphatic heterocycles.